The van der Waals surface area contributed by atoms with E-state index >= 15 is 0 Å². The molecule has 2 aromatic heterocycles. The maximum absolute atomic E-state index is 12.9. The number of carbonyl (C=O) groups excluding carboxylic acids is 2. The van der Waals surface area contributed by atoms with Gasteiger partial charge in [-0.1, -0.05) is 17.7 Å². The van der Waals surface area contributed by atoms with E-state index in [1.54, 1.807) is 23.7 Å². The van der Waals surface area contributed by atoms with Crippen LogP contribution in [0.15, 0.2) is 30.5 Å². The van der Waals surface area contributed by atoms with Crippen LogP contribution in [0.3, 0.4) is 0 Å². The van der Waals surface area contributed by atoms with Crippen molar-refractivity contribution in [2.45, 2.75) is 12.5 Å². The summed E-state index contributed by atoms with van der Waals surface area (Å²) in [5, 5.41) is 4.47. The molecule has 0 spiro atoms. The van der Waals surface area contributed by atoms with Crippen LogP contribution < -0.4 is 15.8 Å². The SMILES string of the molecule is Cn1c(C(=O)NC2CCOc3cnc(C(N)=O)nc32)cc2ccc(Cl)cc21. The van der Waals surface area contributed by atoms with E-state index in [0.717, 1.165) is 10.9 Å². The second-order valence-corrected chi connectivity index (χ2v) is 6.70. The predicted molar refractivity (Wildman–Crippen MR) is 98.8 cm³/mol. The zero-order valence-electron chi connectivity index (χ0n) is 14.4. The maximum Gasteiger partial charge on any atom is 0.286 e. The van der Waals surface area contributed by atoms with Crippen LogP contribution in [0.2, 0.25) is 5.02 Å². The number of nitrogens with zero attached hydrogens (tertiary/aromatic N) is 3. The first-order valence-electron chi connectivity index (χ1n) is 8.29. The summed E-state index contributed by atoms with van der Waals surface area (Å²) in [5.74, 6) is -0.681. The van der Waals surface area contributed by atoms with Gasteiger partial charge in [0.1, 0.15) is 11.4 Å². The second-order valence-electron chi connectivity index (χ2n) is 6.26. The first-order chi connectivity index (χ1) is 12.9. The Kier molecular flexibility index (Phi) is 4.19. The van der Waals surface area contributed by atoms with Gasteiger partial charge < -0.3 is 20.4 Å². The normalized spacial score (nSPS) is 15.9. The molecule has 0 saturated carbocycles. The van der Waals surface area contributed by atoms with Gasteiger partial charge >= 0.3 is 0 Å². The summed E-state index contributed by atoms with van der Waals surface area (Å²) in [5.41, 5.74) is 7.05. The number of ether oxygens (including phenoxy) is 1. The molecule has 0 saturated heterocycles. The van der Waals surface area contributed by atoms with E-state index in [1.165, 1.54) is 6.20 Å². The van der Waals surface area contributed by atoms with Gasteiger partial charge in [0.2, 0.25) is 5.82 Å². The molecule has 27 heavy (non-hydrogen) atoms. The number of nitrogens with two attached hydrogens (primary N) is 1. The largest absolute Gasteiger partial charge is 0.490 e. The van der Waals surface area contributed by atoms with Crippen molar-refractivity contribution in [1.29, 1.82) is 0 Å². The van der Waals surface area contributed by atoms with Crippen LogP contribution in [0.5, 0.6) is 5.75 Å². The van der Waals surface area contributed by atoms with E-state index in [0.29, 0.717) is 35.2 Å². The lowest BCUT2D eigenvalue weighted by Crippen LogP contribution is -2.34. The number of fused-ring (bicyclic) bond motifs is 2. The van der Waals surface area contributed by atoms with Crippen molar-refractivity contribution >= 4 is 34.3 Å². The third-order valence-corrected chi connectivity index (χ3v) is 4.78. The first-order valence-corrected chi connectivity index (χ1v) is 8.67. The van der Waals surface area contributed by atoms with Crippen LogP contribution in [0, 0.1) is 0 Å². The van der Waals surface area contributed by atoms with Crippen LogP contribution in [-0.2, 0) is 7.05 Å². The molecule has 4 rings (SSSR count). The number of halogens is 1. The third-order valence-electron chi connectivity index (χ3n) is 4.54. The number of hydrogen-bond acceptors (Lipinski definition) is 5. The van der Waals surface area contributed by atoms with Gasteiger partial charge in [-0.15, -0.1) is 0 Å². The highest BCUT2D eigenvalue weighted by molar-refractivity contribution is 6.31. The smallest absolute Gasteiger partial charge is 0.286 e. The quantitative estimate of drug-likeness (QED) is 0.715. The van der Waals surface area contributed by atoms with E-state index in [-0.39, 0.29) is 11.7 Å². The number of rotatable bonds is 3. The molecule has 8 nitrogen and oxygen atoms in total. The lowest BCUT2D eigenvalue weighted by molar-refractivity contribution is 0.0915. The molecular formula is C18H16ClN5O3. The van der Waals surface area contributed by atoms with E-state index in [9.17, 15) is 9.59 Å². The number of primary amides is 1. The summed E-state index contributed by atoms with van der Waals surface area (Å²) in [6.45, 7) is 0.405. The Labute approximate surface area is 159 Å². The maximum atomic E-state index is 12.9. The van der Waals surface area contributed by atoms with Gasteiger partial charge in [-0.2, -0.15) is 0 Å². The third kappa shape index (κ3) is 3.08. The van der Waals surface area contributed by atoms with Crippen LogP contribution >= 0.6 is 11.6 Å². The van der Waals surface area contributed by atoms with Crippen LogP contribution in [0.4, 0.5) is 0 Å². The Morgan fingerprint density at radius 2 is 2.19 bits per heavy atom. The average molecular weight is 386 g/mol. The Morgan fingerprint density at radius 1 is 1.37 bits per heavy atom. The summed E-state index contributed by atoms with van der Waals surface area (Å²) in [4.78, 5) is 32.3. The molecule has 1 unspecified atom stereocenters. The number of amides is 2. The molecule has 1 aliphatic rings. The standard InChI is InChI=1S/C18H16ClN5O3/c1-24-12-7-10(19)3-2-9(12)6-13(24)18(26)22-11-4-5-27-14-8-21-17(16(20)25)23-15(11)14/h2-3,6-8,11H,4-5H2,1H3,(H2,20,25)(H,22,26). The highest BCUT2D eigenvalue weighted by atomic mass is 35.5. The van der Waals surface area contributed by atoms with E-state index in [1.807, 2.05) is 12.1 Å². The van der Waals surface area contributed by atoms with Gasteiger partial charge in [-0.3, -0.25) is 9.59 Å². The topological polar surface area (TPSA) is 112 Å². The van der Waals surface area contributed by atoms with Crippen LogP contribution in [-0.4, -0.2) is 33.0 Å². The van der Waals surface area contributed by atoms with Crippen molar-refractivity contribution in [3.05, 3.63) is 52.7 Å². The number of benzene rings is 1. The average Bonchev–Trinajstić information content (AvgIpc) is 2.98. The first kappa shape index (κ1) is 17.3. The lowest BCUT2D eigenvalue weighted by Gasteiger charge is -2.25. The molecule has 0 aliphatic carbocycles. The molecule has 2 amide bonds. The summed E-state index contributed by atoms with van der Waals surface area (Å²) in [6, 6.07) is 6.84. The Hall–Kier alpha value is -3.13. The fraction of sp³-hybridized carbons (Fsp3) is 0.222. The highest BCUT2D eigenvalue weighted by Gasteiger charge is 2.27. The van der Waals surface area contributed by atoms with Crippen molar-refractivity contribution in [3.63, 3.8) is 0 Å². The Bertz CT molecular complexity index is 1080. The summed E-state index contributed by atoms with van der Waals surface area (Å²) in [6.07, 6.45) is 1.92. The minimum atomic E-state index is -0.737. The van der Waals surface area contributed by atoms with Crippen molar-refractivity contribution in [2.75, 3.05) is 6.61 Å². The van der Waals surface area contributed by atoms with Crippen LogP contribution in [0.25, 0.3) is 10.9 Å². The summed E-state index contributed by atoms with van der Waals surface area (Å²) < 4.78 is 7.30. The molecule has 3 N–H and O–H groups in total. The molecular weight excluding hydrogens is 370 g/mol. The number of hydrogen-bond donors (Lipinski definition) is 2. The molecule has 1 atom stereocenters. The molecule has 1 aliphatic heterocycles. The fourth-order valence-electron chi connectivity index (χ4n) is 3.18. The molecule has 0 fully saturated rings. The van der Waals surface area contributed by atoms with Gasteiger partial charge in [-0.25, -0.2) is 9.97 Å². The molecule has 0 bridgehead atoms. The zero-order chi connectivity index (χ0) is 19.1. The van der Waals surface area contributed by atoms with Crippen molar-refractivity contribution < 1.29 is 14.3 Å². The van der Waals surface area contributed by atoms with E-state index in [2.05, 4.69) is 15.3 Å². The van der Waals surface area contributed by atoms with Gasteiger partial charge in [0, 0.05) is 29.4 Å². The lowest BCUT2D eigenvalue weighted by atomic mass is 10.1. The monoisotopic (exact) mass is 385 g/mol. The van der Waals surface area contributed by atoms with Gasteiger partial charge in [0.25, 0.3) is 11.8 Å². The number of carbonyl (C=O) groups is 2. The molecule has 3 aromatic rings. The van der Waals surface area contributed by atoms with Gasteiger partial charge in [0.05, 0.1) is 18.8 Å². The van der Waals surface area contributed by atoms with Crippen molar-refractivity contribution in [3.8, 4) is 5.75 Å². The van der Waals surface area contributed by atoms with Gasteiger partial charge in [0.15, 0.2) is 5.75 Å². The van der Waals surface area contributed by atoms with Crippen molar-refractivity contribution in [2.24, 2.45) is 12.8 Å². The predicted octanol–water partition coefficient (Wildman–Crippen LogP) is 1.97. The van der Waals surface area contributed by atoms with Crippen molar-refractivity contribution in [1.82, 2.24) is 19.9 Å². The minimum Gasteiger partial charge on any atom is -0.490 e. The molecule has 138 valence electrons. The Morgan fingerprint density at radius 3 is 2.96 bits per heavy atom. The zero-order valence-corrected chi connectivity index (χ0v) is 15.2. The summed E-state index contributed by atoms with van der Waals surface area (Å²) in [7, 11) is 1.80. The second kappa shape index (κ2) is 6.55. The number of aromatic nitrogens is 3. The highest BCUT2D eigenvalue weighted by Crippen LogP contribution is 2.30. The Balaban J connectivity index is 1.66. The van der Waals surface area contributed by atoms with E-state index in [4.69, 9.17) is 22.1 Å². The fourth-order valence-corrected chi connectivity index (χ4v) is 3.35. The molecule has 9 heteroatoms. The molecule has 1 aromatic carbocycles. The van der Waals surface area contributed by atoms with Gasteiger partial charge in [-0.05, 0) is 18.2 Å². The van der Waals surface area contributed by atoms with E-state index < -0.39 is 11.9 Å². The number of aryl methyl sites for hydroxylation is 1. The molecule has 0 radical (unpaired) electrons. The minimum absolute atomic E-state index is 0.113. The molecule has 3 heterocycles. The summed E-state index contributed by atoms with van der Waals surface area (Å²) >= 11 is 6.05. The van der Waals surface area contributed by atoms with Crippen LogP contribution in [0.1, 0.15) is 39.3 Å². The number of nitrogens with one attached hydrogen (secondary N) is 1.